The Morgan fingerprint density at radius 2 is 2.00 bits per heavy atom. The second-order valence-electron chi connectivity index (χ2n) is 2.26. The molecule has 1 aromatic carbocycles. The molecule has 0 aliphatic heterocycles. The normalized spacial score (nSPS) is 9.92. The predicted molar refractivity (Wildman–Crippen MR) is 48.2 cm³/mol. The molecule has 0 saturated heterocycles. The van der Waals surface area contributed by atoms with Crippen molar-refractivity contribution < 1.29 is 14.3 Å². The Bertz CT molecular complexity index is 290. The average molecular weight is 178 g/mol. The fraction of sp³-hybridized carbons (Fsp3) is 0.100. The summed E-state index contributed by atoms with van der Waals surface area (Å²) in [5, 5.41) is 0. The van der Waals surface area contributed by atoms with Crippen LogP contribution in [0.2, 0.25) is 0 Å². The van der Waals surface area contributed by atoms with Crippen molar-refractivity contribution in [2.45, 2.75) is 0 Å². The Morgan fingerprint density at radius 3 is 2.62 bits per heavy atom. The van der Waals surface area contributed by atoms with E-state index in [0.29, 0.717) is 5.75 Å². The molecule has 0 heterocycles. The number of hydrogen-bond donors (Lipinski definition) is 0. The van der Waals surface area contributed by atoms with Crippen molar-refractivity contribution in [1.82, 2.24) is 0 Å². The molecule has 13 heavy (non-hydrogen) atoms. The summed E-state index contributed by atoms with van der Waals surface area (Å²) < 4.78 is 9.48. The van der Waals surface area contributed by atoms with Gasteiger partial charge in [-0.15, -0.1) is 0 Å². The zero-order valence-electron chi connectivity index (χ0n) is 7.27. The van der Waals surface area contributed by atoms with Gasteiger partial charge in [0.05, 0.1) is 19.4 Å². The highest BCUT2D eigenvalue weighted by Crippen LogP contribution is 2.07. The first kappa shape index (κ1) is 9.32. The summed E-state index contributed by atoms with van der Waals surface area (Å²) in [5.74, 6) is 0.249. The lowest BCUT2D eigenvalue weighted by atomic mass is 10.3. The molecule has 0 bridgehead atoms. The van der Waals surface area contributed by atoms with Crippen LogP contribution in [0.4, 0.5) is 0 Å². The van der Waals surface area contributed by atoms with Gasteiger partial charge in [-0.2, -0.15) is 0 Å². The van der Waals surface area contributed by atoms with Crippen LogP contribution in [-0.2, 0) is 9.53 Å². The minimum Gasteiger partial charge on any atom is -0.466 e. The molecule has 0 saturated carbocycles. The van der Waals surface area contributed by atoms with Crippen LogP contribution in [0.3, 0.4) is 0 Å². The zero-order valence-corrected chi connectivity index (χ0v) is 7.27. The first-order chi connectivity index (χ1) is 6.33. The topological polar surface area (TPSA) is 35.5 Å². The Kier molecular flexibility index (Phi) is 3.57. The summed E-state index contributed by atoms with van der Waals surface area (Å²) >= 11 is 0. The van der Waals surface area contributed by atoms with Gasteiger partial charge in [-0.1, -0.05) is 18.2 Å². The van der Waals surface area contributed by atoms with Crippen LogP contribution in [-0.4, -0.2) is 13.1 Å². The van der Waals surface area contributed by atoms with Gasteiger partial charge in [0.25, 0.3) is 0 Å². The Hall–Kier alpha value is -1.77. The Morgan fingerprint density at radius 1 is 1.31 bits per heavy atom. The number of ether oxygens (including phenoxy) is 2. The molecule has 0 radical (unpaired) electrons. The maximum atomic E-state index is 10.6. The molecule has 0 aliphatic carbocycles. The van der Waals surface area contributed by atoms with Crippen LogP contribution >= 0.6 is 0 Å². The fourth-order valence-electron chi connectivity index (χ4n) is 0.735. The van der Waals surface area contributed by atoms with E-state index in [-0.39, 0.29) is 0 Å². The number of benzene rings is 1. The number of para-hydroxylation sites is 1. The molecule has 0 spiro atoms. The zero-order chi connectivity index (χ0) is 9.52. The van der Waals surface area contributed by atoms with Crippen molar-refractivity contribution in [2.75, 3.05) is 7.11 Å². The molecular weight excluding hydrogens is 168 g/mol. The van der Waals surface area contributed by atoms with E-state index in [1.165, 1.54) is 19.4 Å². The highest BCUT2D eigenvalue weighted by molar-refractivity contribution is 5.81. The van der Waals surface area contributed by atoms with E-state index in [1.807, 2.05) is 18.2 Å². The largest absolute Gasteiger partial charge is 0.466 e. The highest BCUT2D eigenvalue weighted by Gasteiger charge is 1.90. The molecule has 0 unspecified atom stereocenters. The van der Waals surface area contributed by atoms with E-state index >= 15 is 0 Å². The van der Waals surface area contributed by atoms with Crippen molar-refractivity contribution in [2.24, 2.45) is 0 Å². The minimum atomic E-state index is -0.434. The Labute approximate surface area is 76.6 Å². The molecular formula is C10H10O3. The molecule has 3 heteroatoms. The molecule has 3 nitrogen and oxygen atoms in total. The summed E-state index contributed by atoms with van der Waals surface area (Å²) in [6.45, 7) is 0. The van der Waals surface area contributed by atoms with Gasteiger partial charge < -0.3 is 9.47 Å². The number of carbonyl (C=O) groups excluding carboxylic acids is 1. The van der Waals surface area contributed by atoms with E-state index in [9.17, 15) is 4.79 Å². The molecule has 0 amide bonds. The van der Waals surface area contributed by atoms with Crippen LogP contribution < -0.4 is 4.74 Å². The monoisotopic (exact) mass is 178 g/mol. The fourth-order valence-corrected chi connectivity index (χ4v) is 0.735. The van der Waals surface area contributed by atoms with E-state index in [2.05, 4.69) is 4.74 Å². The van der Waals surface area contributed by atoms with Crippen LogP contribution in [0.15, 0.2) is 42.7 Å². The summed E-state index contributed by atoms with van der Waals surface area (Å²) in [6.07, 6.45) is 2.51. The number of hydrogen-bond acceptors (Lipinski definition) is 3. The minimum absolute atomic E-state index is 0.434. The lowest BCUT2D eigenvalue weighted by molar-refractivity contribution is -0.134. The molecule has 0 fully saturated rings. The molecule has 0 N–H and O–H groups in total. The van der Waals surface area contributed by atoms with Gasteiger partial charge in [0.2, 0.25) is 0 Å². The first-order valence-corrected chi connectivity index (χ1v) is 3.79. The number of rotatable bonds is 3. The van der Waals surface area contributed by atoms with Crippen LogP contribution in [0.1, 0.15) is 0 Å². The lowest BCUT2D eigenvalue weighted by Gasteiger charge is -1.97. The van der Waals surface area contributed by atoms with Gasteiger partial charge in [0.15, 0.2) is 0 Å². The maximum Gasteiger partial charge on any atom is 0.333 e. The molecule has 0 aromatic heterocycles. The third kappa shape index (κ3) is 3.42. The van der Waals surface area contributed by atoms with Gasteiger partial charge in [-0.3, -0.25) is 0 Å². The van der Waals surface area contributed by atoms with Gasteiger partial charge >= 0.3 is 5.97 Å². The van der Waals surface area contributed by atoms with E-state index in [4.69, 9.17) is 4.74 Å². The highest BCUT2D eigenvalue weighted by atomic mass is 16.5. The van der Waals surface area contributed by atoms with Crippen LogP contribution in [0, 0.1) is 0 Å². The van der Waals surface area contributed by atoms with Crippen molar-refractivity contribution >= 4 is 5.97 Å². The summed E-state index contributed by atoms with van der Waals surface area (Å²) in [4.78, 5) is 10.6. The smallest absolute Gasteiger partial charge is 0.333 e. The molecule has 1 aromatic rings. The summed E-state index contributed by atoms with van der Waals surface area (Å²) in [6, 6.07) is 9.17. The van der Waals surface area contributed by atoms with E-state index in [1.54, 1.807) is 12.1 Å². The number of methoxy groups -OCH3 is 1. The molecule has 0 aliphatic rings. The standard InChI is InChI=1S/C10H10O3/c1-12-10(11)7-8-13-9-5-3-2-4-6-9/h2-8H,1H3/b8-7-. The molecule has 68 valence electrons. The Balaban J connectivity index is 2.44. The van der Waals surface area contributed by atoms with Crippen molar-refractivity contribution in [1.29, 1.82) is 0 Å². The average Bonchev–Trinajstić information content (AvgIpc) is 2.19. The van der Waals surface area contributed by atoms with Gasteiger partial charge in [-0.05, 0) is 12.1 Å². The predicted octanol–water partition coefficient (Wildman–Crippen LogP) is 1.75. The van der Waals surface area contributed by atoms with Crippen molar-refractivity contribution in [3.63, 3.8) is 0 Å². The van der Waals surface area contributed by atoms with Gasteiger partial charge in [0.1, 0.15) is 5.75 Å². The molecule has 1 rings (SSSR count). The second kappa shape index (κ2) is 4.98. The quantitative estimate of drug-likeness (QED) is 0.402. The number of carbonyl (C=O) groups is 1. The van der Waals surface area contributed by atoms with E-state index < -0.39 is 5.97 Å². The summed E-state index contributed by atoms with van der Waals surface area (Å²) in [7, 11) is 1.31. The van der Waals surface area contributed by atoms with Gasteiger partial charge in [0, 0.05) is 0 Å². The lowest BCUT2D eigenvalue weighted by Crippen LogP contribution is -1.94. The maximum absolute atomic E-state index is 10.6. The van der Waals surface area contributed by atoms with E-state index in [0.717, 1.165) is 0 Å². The SMILES string of the molecule is COC(=O)/C=C\Oc1ccccc1. The molecule has 0 atom stereocenters. The third-order valence-corrected chi connectivity index (χ3v) is 1.35. The van der Waals surface area contributed by atoms with Crippen molar-refractivity contribution in [3.05, 3.63) is 42.7 Å². The number of esters is 1. The third-order valence-electron chi connectivity index (χ3n) is 1.35. The second-order valence-corrected chi connectivity index (χ2v) is 2.26. The van der Waals surface area contributed by atoms with Gasteiger partial charge in [-0.25, -0.2) is 4.79 Å². The first-order valence-electron chi connectivity index (χ1n) is 3.79. The van der Waals surface area contributed by atoms with Crippen LogP contribution in [0.25, 0.3) is 0 Å². The van der Waals surface area contributed by atoms with Crippen LogP contribution in [0.5, 0.6) is 5.75 Å². The summed E-state index contributed by atoms with van der Waals surface area (Å²) in [5.41, 5.74) is 0. The van der Waals surface area contributed by atoms with Crippen molar-refractivity contribution in [3.8, 4) is 5.75 Å².